The number of alkyl halides is 3. The molecule has 35 heavy (non-hydrogen) atoms. The smallest absolute Gasteiger partial charge is 0.364 e. The monoisotopic (exact) mass is 484 g/mol. The van der Waals surface area contributed by atoms with Gasteiger partial charge in [-0.2, -0.15) is 18.3 Å². The van der Waals surface area contributed by atoms with E-state index >= 15 is 0 Å². The fourth-order valence-corrected chi connectivity index (χ4v) is 3.83. The van der Waals surface area contributed by atoms with Crippen molar-refractivity contribution in [2.45, 2.75) is 38.4 Å². The first kappa shape index (κ1) is 22.6. The normalized spacial score (nSPS) is 13.8. The summed E-state index contributed by atoms with van der Waals surface area (Å²) in [6, 6.07) is 9.29. The molecule has 0 unspecified atom stereocenters. The number of primary amides is 1. The molecule has 0 radical (unpaired) electrons. The van der Waals surface area contributed by atoms with Gasteiger partial charge in [0.2, 0.25) is 0 Å². The van der Waals surface area contributed by atoms with Crippen molar-refractivity contribution in [3.05, 3.63) is 70.5 Å². The van der Waals surface area contributed by atoms with E-state index in [4.69, 9.17) is 10.3 Å². The van der Waals surface area contributed by atoms with Crippen LogP contribution < -0.4 is 11.1 Å². The zero-order valence-electron chi connectivity index (χ0n) is 18.4. The average Bonchev–Trinajstić information content (AvgIpc) is 3.48. The lowest BCUT2D eigenvalue weighted by atomic mass is 10.1. The van der Waals surface area contributed by atoms with Crippen molar-refractivity contribution in [3.8, 4) is 0 Å². The van der Waals surface area contributed by atoms with Crippen molar-refractivity contribution in [1.82, 2.24) is 19.9 Å². The van der Waals surface area contributed by atoms with Gasteiger partial charge in [0.25, 0.3) is 11.8 Å². The first-order chi connectivity index (χ1) is 16.6. The van der Waals surface area contributed by atoms with Crippen molar-refractivity contribution in [1.29, 1.82) is 0 Å². The van der Waals surface area contributed by atoms with Crippen LogP contribution in [0.1, 0.15) is 62.4 Å². The lowest BCUT2D eigenvalue weighted by Crippen LogP contribution is -2.19. The molecule has 1 aromatic carbocycles. The largest absolute Gasteiger partial charge is 0.437 e. The first-order valence-electron chi connectivity index (χ1n) is 10.7. The van der Waals surface area contributed by atoms with E-state index in [0.29, 0.717) is 28.3 Å². The molecule has 1 fully saturated rings. The Hall–Kier alpha value is -4.22. The van der Waals surface area contributed by atoms with Crippen LogP contribution in [0.25, 0.3) is 10.9 Å². The number of pyridine rings is 1. The topological polar surface area (TPSA) is 129 Å². The number of anilines is 1. The second-order valence-electron chi connectivity index (χ2n) is 8.35. The Kier molecular flexibility index (Phi) is 5.30. The van der Waals surface area contributed by atoms with Gasteiger partial charge in [-0.1, -0.05) is 23.4 Å². The summed E-state index contributed by atoms with van der Waals surface area (Å²) in [5.41, 5.74) is 4.16. The van der Waals surface area contributed by atoms with E-state index in [1.54, 1.807) is 30.3 Å². The van der Waals surface area contributed by atoms with Crippen LogP contribution in [0.4, 0.5) is 18.9 Å². The van der Waals surface area contributed by atoms with Gasteiger partial charge < -0.3 is 15.6 Å². The SMILES string of the molecule is Cc1c(NC(=O)c2cc(C(N)=O)nc3ccccc23)c(C(F)(F)F)nn1Cc1cc(C2CC2)on1. The summed E-state index contributed by atoms with van der Waals surface area (Å²) in [5, 5.41) is 10.3. The van der Waals surface area contributed by atoms with Gasteiger partial charge >= 0.3 is 6.18 Å². The molecular formula is C23H19F3N6O3. The molecule has 9 nitrogen and oxygen atoms in total. The Bertz CT molecular complexity index is 1470. The number of benzene rings is 1. The van der Waals surface area contributed by atoms with E-state index in [2.05, 4.69) is 20.6 Å². The summed E-state index contributed by atoms with van der Waals surface area (Å²) in [6.07, 6.45) is -2.85. The predicted octanol–water partition coefficient (Wildman–Crippen LogP) is 4.02. The highest BCUT2D eigenvalue weighted by Gasteiger charge is 2.39. The third-order valence-corrected chi connectivity index (χ3v) is 5.80. The number of halogens is 3. The van der Waals surface area contributed by atoms with E-state index in [-0.39, 0.29) is 23.5 Å². The number of aromatic nitrogens is 4. The summed E-state index contributed by atoms with van der Waals surface area (Å²) < 4.78 is 47.9. The molecule has 0 bridgehead atoms. The van der Waals surface area contributed by atoms with Crippen LogP contribution in [0.3, 0.4) is 0 Å². The number of hydrogen-bond donors (Lipinski definition) is 2. The fraction of sp³-hybridized carbons (Fsp3) is 0.261. The summed E-state index contributed by atoms with van der Waals surface area (Å²) >= 11 is 0. The van der Waals surface area contributed by atoms with Crippen LogP contribution in [0.5, 0.6) is 0 Å². The number of hydrogen-bond acceptors (Lipinski definition) is 6. The van der Waals surface area contributed by atoms with Crippen LogP contribution in [0, 0.1) is 6.92 Å². The number of para-hydroxylation sites is 1. The van der Waals surface area contributed by atoms with Crippen LogP contribution in [-0.4, -0.2) is 31.7 Å². The summed E-state index contributed by atoms with van der Waals surface area (Å²) in [6.45, 7) is 1.35. The molecule has 0 aliphatic heterocycles. The molecule has 180 valence electrons. The van der Waals surface area contributed by atoms with Gasteiger partial charge in [0, 0.05) is 17.4 Å². The molecule has 0 atom stereocenters. The number of rotatable bonds is 6. The molecule has 0 spiro atoms. The zero-order chi connectivity index (χ0) is 24.9. The maximum absolute atomic E-state index is 13.8. The van der Waals surface area contributed by atoms with Crippen molar-refractivity contribution in [2.75, 3.05) is 5.32 Å². The number of carbonyl (C=O) groups is 2. The van der Waals surface area contributed by atoms with Crippen molar-refractivity contribution in [3.63, 3.8) is 0 Å². The third kappa shape index (κ3) is 4.34. The van der Waals surface area contributed by atoms with Gasteiger partial charge in [0.15, 0.2) is 5.69 Å². The third-order valence-electron chi connectivity index (χ3n) is 5.80. The molecule has 3 heterocycles. The minimum absolute atomic E-state index is 0.0461. The van der Waals surface area contributed by atoms with Crippen LogP contribution in [0.2, 0.25) is 0 Å². The van der Waals surface area contributed by atoms with E-state index in [9.17, 15) is 22.8 Å². The van der Waals surface area contributed by atoms with Gasteiger partial charge in [0.1, 0.15) is 17.1 Å². The number of nitrogens with two attached hydrogens (primary N) is 1. The number of carbonyl (C=O) groups excluding carboxylic acids is 2. The maximum atomic E-state index is 13.8. The summed E-state index contributed by atoms with van der Waals surface area (Å²) in [7, 11) is 0. The Balaban J connectivity index is 1.52. The highest BCUT2D eigenvalue weighted by atomic mass is 19.4. The Labute approximate surface area is 196 Å². The number of nitrogens with zero attached hydrogens (tertiary/aromatic N) is 4. The molecular weight excluding hydrogens is 465 g/mol. The van der Waals surface area contributed by atoms with Gasteiger partial charge in [-0.3, -0.25) is 14.3 Å². The molecule has 0 saturated heterocycles. The van der Waals surface area contributed by atoms with Gasteiger partial charge in [-0.25, -0.2) is 4.98 Å². The maximum Gasteiger partial charge on any atom is 0.437 e. The minimum Gasteiger partial charge on any atom is -0.364 e. The quantitative estimate of drug-likeness (QED) is 0.425. The average molecular weight is 484 g/mol. The Morgan fingerprint density at radius 2 is 1.97 bits per heavy atom. The van der Waals surface area contributed by atoms with Crippen molar-refractivity contribution in [2.24, 2.45) is 5.73 Å². The molecule has 3 N–H and O–H groups in total. The Morgan fingerprint density at radius 1 is 1.23 bits per heavy atom. The second-order valence-corrected chi connectivity index (χ2v) is 8.35. The Morgan fingerprint density at radius 3 is 2.66 bits per heavy atom. The van der Waals surface area contributed by atoms with E-state index in [1.165, 1.54) is 6.92 Å². The van der Waals surface area contributed by atoms with E-state index < -0.39 is 29.4 Å². The fourth-order valence-electron chi connectivity index (χ4n) is 3.83. The van der Waals surface area contributed by atoms with Crippen molar-refractivity contribution < 1.29 is 27.3 Å². The van der Waals surface area contributed by atoms with E-state index in [0.717, 1.165) is 23.6 Å². The number of amides is 2. The molecule has 1 saturated carbocycles. The molecule has 12 heteroatoms. The molecule has 5 rings (SSSR count). The summed E-state index contributed by atoms with van der Waals surface area (Å²) in [5.74, 6) is -0.736. The molecule has 1 aliphatic rings. The van der Waals surface area contributed by atoms with Crippen LogP contribution in [0.15, 0.2) is 40.9 Å². The lowest BCUT2D eigenvalue weighted by molar-refractivity contribution is -0.140. The molecule has 3 aromatic heterocycles. The van der Waals surface area contributed by atoms with Gasteiger partial charge in [0.05, 0.1) is 29.0 Å². The van der Waals surface area contributed by atoms with Gasteiger partial charge in [-0.05, 0) is 31.9 Å². The zero-order valence-corrected chi connectivity index (χ0v) is 18.4. The first-order valence-corrected chi connectivity index (χ1v) is 10.7. The standard InChI is InChI=1S/C23H19F3N6O3/c1-11-19(29-22(34)15-9-17(21(27)33)28-16-5-3-2-4-14(15)16)20(23(24,25)26)30-32(11)10-13-8-18(35-31-13)12-6-7-12/h2-5,8-9,12H,6-7,10H2,1H3,(H2,27,33)(H,29,34). The molecule has 4 aromatic rings. The minimum atomic E-state index is -4.83. The molecule has 2 amide bonds. The highest BCUT2D eigenvalue weighted by Crippen LogP contribution is 2.40. The number of nitrogens with one attached hydrogen (secondary N) is 1. The predicted molar refractivity (Wildman–Crippen MR) is 118 cm³/mol. The highest BCUT2D eigenvalue weighted by molar-refractivity contribution is 6.14. The summed E-state index contributed by atoms with van der Waals surface area (Å²) in [4.78, 5) is 29.0. The van der Waals surface area contributed by atoms with Crippen LogP contribution in [-0.2, 0) is 12.7 Å². The molecule has 1 aliphatic carbocycles. The van der Waals surface area contributed by atoms with Crippen molar-refractivity contribution >= 4 is 28.4 Å². The van der Waals surface area contributed by atoms with Gasteiger partial charge in [-0.15, -0.1) is 0 Å². The lowest BCUT2D eigenvalue weighted by Gasteiger charge is -2.11. The second kappa shape index (κ2) is 8.22. The number of fused-ring (bicyclic) bond motifs is 1. The van der Waals surface area contributed by atoms with Crippen LogP contribution >= 0.6 is 0 Å². The van der Waals surface area contributed by atoms with E-state index in [1.807, 2.05) is 0 Å².